The first kappa shape index (κ1) is 20.0. The Morgan fingerprint density at radius 2 is 1.42 bits per heavy atom. The molecule has 0 unspecified atom stereocenters. The second-order valence-corrected chi connectivity index (χ2v) is 6.82. The van der Waals surface area contributed by atoms with E-state index in [9.17, 15) is 18.8 Å². The minimum absolute atomic E-state index is 0.0561. The Bertz CT molecular complexity index is 1360. The van der Waals surface area contributed by atoms with E-state index < -0.39 is 17.6 Å². The molecule has 0 radical (unpaired) electrons. The van der Waals surface area contributed by atoms with Gasteiger partial charge in [-0.1, -0.05) is 48.5 Å². The van der Waals surface area contributed by atoms with E-state index in [0.717, 1.165) is 6.07 Å². The lowest BCUT2D eigenvalue weighted by Gasteiger charge is -2.11. The number of benzene rings is 3. The number of para-hydroxylation sites is 1. The van der Waals surface area contributed by atoms with Gasteiger partial charge in [0, 0.05) is 11.1 Å². The number of halogens is 1. The van der Waals surface area contributed by atoms with Gasteiger partial charge in [-0.05, 0) is 31.2 Å². The van der Waals surface area contributed by atoms with Gasteiger partial charge in [-0.15, -0.1) is 0 Å². The van der Waals surface area contributed by atoms with Crippen molar-refractivity contribution in [2.75, 3.05) is 0 Å². The van der Waals surface area contributed by atoms with Crippen LogP contribution in [0.5, 0.6) is 0 Å². The fraction of sp³-hybridized carbons (Fsp3) is 0.0417. The Morgan fingerprint density at radius 1 is 0.806 bits per heavy atom. The molecule has 0 atom stereocenters. The highest BCUT2D eigenvalue weighted by Crippen LogP contribution is 2.27. The van der Waals surface area contributed by atoms with E-state index in [4.69, 9.17) is 4.42 Å². The third-order valence-corrected chi connectivity index (χ3v) is 4.83. The molecular weight excluding hydrogens is 399 g/mol. The molecule has 0 aliphatic carbocycles. The van der Waals surface area contributed by atoms with Gasteiger partial charge in [-0.3, -0.25) is 25.2 Å². The molecule has 4 aromatic rings. The molecule has 0 saturated heterocycles. The molecule has 0 aliphatic heterocycles. The monoisotopic (exact) mass is 416 g/mol. The Labute approximate surface area is 176 Å². The van der Waals surface area contributed by atoms with Gasteiger partial charge in [0.15, 0.2) is 11.0 Å². The summed E-state index contributed by atoms with van der Waals surface area (Å²) in [6.45, 7) is 1.66. The number of carbonyl (C=O) groups excluding carboxylic acids is 2. The molecule has 2 amide bonds. The van der Waals surface area contributed by atoms with Crippen LogP contribution in [0.15, 0.2) is 82.0 Å². The van der Waals surface area contributed by atoms with Gasteiger partial charge < -0.3 is 4.42 Å². The lowest BCUT2D eigenvalue weighted by atomic mass is 10.0. The topological polar surface area (TPSA) is 88.4 Å². The summed E-state index contributed by atoms with van der Waals surface area (Å²) in [6.07, 6.45) is 0. The maximum absolute atomic E-state index is 13.8. The smallest absolute Gasteiger partial charge is 0.273 e. The van der Waals surface area contributed by atoms with Crippen molar-refractivity contribution in [2.45, 2.75) is 6.92 Å². The number of amides is 2. The largest absolute Gasteiger partial charge is 0.455 e. The average Bonchev–Trinajstić information content (AvgIpc) is 2.80. The Kier molecular flexibility index (Phi) is 5.32. The minimum Gasteiger partial charge on any atom is -0.455 e. The van der Waals surface area contributed by atoms with Crippen molar-refractivity contribution < 1.29 is 18.4 Å². The second-order valence-electron chi connectivity index (χ2n) is 6.82. The molecule has 0 spiro atoms. The number of nitrogens with one attached hydrogen (secondary N) is 2. The van der Waals surface area contributed by atoms with Crippen molar-refractivity contribution in [3.63, 3.8) is 0 Å². The van der Waals surface area contributed by atoms with Crippen LogP contribution in [0.4, 0.5) is 4.39 Å². The summed E-state index contributed by atoms with van der Waals surface area (Å²) in [4.78, 5) is 37.8. The fourth-order valence-corrected chi connectivity index (χ4v) is 3.25. The second kappa shape index (κ2) is 8.23. The van der Waals surface area contributed by atoms with Gasteiger partial charge in [0.05, 0.1) is 16.5 Å². The Hall–Kier alpha value is -4.26. The maximum atomic E-state index is 13.8. The van der Waals surface area contributed by atoms with Crippen LogP contribution in [-0.4, -0.2) is 11.8 Å². The highest BCUT2D eigenvalue weighted by atomic mass is 19.1. The van der Waals surface area contributed by atoms with Gasteiger partial charge in [0.1, 0.15) is 11.6 Å². The van der Waals surface area contributed by atoms with Crippen LogP contribution in [0.2, 0.25) is 0 Å². The molecular formula is C24H17FN2O4. The van der Waals surface area contributed by atoms with E-state index >= 15 is 0 Å². The molecule has 0 bridgehead atoms. The van der Waals surface area contributed by atoms with Crippen molar-refractivity contribution in [2.24, 2.45) is 0 Å². The van der Waals surface area contributed by atoms with Gasteiger partial charge in [-0.2, -0.15) is 0 Å². The summed E-state index contributed by atoms with van der Waals surface area (Å²) in [6, 6.07) is 19.1. The fourth-order valence-electron chi connectivity index (χ4n) is 3.25. The van der Waals surface area contributed by atoms with Crippen molar-refractivity contribution in [3.05, 3.63) is 106 Å². The number of fused-ring (bicyclic) bond motifs is 1. The van der Waals surface area contributed by atoms with Crippen molar-refractivity contribution in [3.8, 4) is 11.3 Å². The first-order valence-corrected chi connectivity index (χ1v) is 9.44. The van der Waals surface area contributed by atoms with Crippen LogP contribution >= 0.6 is 0 Å². The van der Waals surface area contributed by atoms with Gasteiger partial charge in [0.2, 0.25) is 0 Å². The quantitative estimate of drug-likeness (QED) is 0.495. The predicted molar refractivity (Wildman–Crippen MR) is 114 cm³/mol. The number of rotatable bonds is 3. The standard InChI is InChI=1S/C24H17FN2O4/c1-14-20(28)17-11-7-12-18(22(17)31-21(14)15-8-3-2-4-9-15)24(30)27-26-23(29)16-10-5-6-13-19(16)25/h2-13H,1H3,(H,26,29)(H,27,30). The molecule has 4 rings (SSSR count). The zero-order valence-corrected chi connectivity index (χ0v) is 16.4. The molecule has 7 heteroatoms. The van der Waals surface area contributed by atoms with E-state index in [-0.39, 0.29) is 27.5 Å². The summed E-state index contributed by atoms with van der Waals surface area (Å²) in [5.41, 5.74) is 5.21. The molecule has 154 valence electrons. The number of hydrogen-bond acceptors (Lipinski definition) is 4. The van der Waals surface area contributed by atoms with E-state index in [1.54, 1.807) is 31.2 Å². The minimum atomic E-state index is -0.811. The van der Waals surface area contributed by atoms with Crippen molar-refractivity contribution in [1.82, 2.24) is 10.9 Å². The number of hydrazine groups is 1. The molecule has 1 aromatic heterocycles. The van der Waals surface area contributed by atoms with Gasteiger partial charge in [-0.25, -0.2) is 4.39 Å². The maximum Gasteiger partial charge on any atom is 0.273 e. The average molecular weight is 416 g/mol. The van der Waals surface area contributed by atoms with Crippen LogP contribution in [0, 0.1) is 12.7 Å². The van der Waals surface area contributed by atoms with E-state index in [2.05, 4.69) is 10.9 Å². The molecule has 31 heavy (non-hydrogen) atoms. The molecule has 3 aromatic carbocycles. The van der Waals surface area contributed by atoms with Crippen LogP contribution in [0.3, 0.4) is 0 Å². The third-order valence-electron chi connectivity index (χ3n) is 4.83. The highest BCUT2D eigenvalue weighted by Gasteiger charge is 2.19. The van der Waals surface area contributed by atoms with E-state index in [0.29, 0.717) is 16.9 Å². The molecule has 2 N–H and O–H groups in total. The molecule has 6 nitrogen and oxygen atoms in total. The summed E-state index contributed by atoms with van der Waals surface area (Å²) in [5, 5.41) is 0.241. The first-order valence-electron chi connectivity index (χ1n) is 9.44. The summed E-state index contributed by atoms with van der Waals surface area (Å²) < 4.78 is 19.7. The predicted octanol–water partition coefficient (Wildman–Crippen LogP) is 3.98. The SMILES string of the molecule is Cc1c(-c2ccccc2)oc2c(C(=O)NNC(=O)c3ccccc3F)cccc2c1=O. The number of carbonyl (C=O) groups is 2. The van der Waals surface area contributed by atoms with Gasteiger partial charge in [0.25, 0.3) is 11.8 Å². The lowest BCUT2D eigenvalue weighted by molar-refractivity contribution is 0.0844. The van der Waals surface area contributed by atoms with Crippen LogP contribution in [0.1, 0.15) is 26.3 Å². The zero-order chi connectivity index (χ0) is 22.0. The Morgan fingerprint density at radius 3 is 2.13 bits per heavy atom. The molecule has 0 aliphatic rings. The molecule has 1 heterocycles. The number of hydrogen-bond donors (Lipinski definition) is 2. The molecule has 0 fully saturated rings. The highest BCUT2D eigenvalue weighted by molar-refractivity contribution is 6.06. The third kappa shape index (κ3) is 3.81. The van der Waals surface area contributed by atoms with Crippen LogP contribution in [-0.2, 0) is 0 Å². The zero-order valence-electron chi connectivity index (χ0n) is 16.4. The van der Waals surface area contributed by atoms with Crippen molar-refractivity contribution >= 4 is 22.8 Å². The van der Waals surface area contributed by atoms with E-state index in [1.807, 2.05) is 18.2 Å². The first-order chi connectivity index (χ1) is 15.0. The van der Waals surface area contributed by atoms with Gasteiger partial charge >= 0.3 is 0 Å². The normalized spacial score (nSPS) is 10.6. The summed E-state index contributed by atoms with van der Waals surface area (Å²) >= 11 is 0. The van der Waals surface area contributed by atoms with Crippen LogP contribution in [0.25, 0.3) is 22.3 Å². The molecule has 0 saturated carbocycles. The summed E-state index contributed by atoms with van der Waals surface area (Å²) in [5.74, 6) is -1.88. The summed E-state index contributed by atoms with van der Waals surface area (Å²) in [7, 11) is 0. The van der Waals surface area contributed by atoms with E-state index in [1.165, 1.54) is 24.3 Å². The van der Waals surface area contributed by atoms with Crippen LogP contribution < -0.4 is 16.3 Å². The Balaban J connectivity index is 1.70. The lowest BCUT2D eigenvalue weighted by Crippen LogP contribution is -2.42. The van der Waals surface area contributed by atoms with Crippen molar-refractivity contribution in [1.29, 1.82) is 0 Å².